The van der Waals surface area contributed by atoms with Gasteiger partial charge in [0.25, 0.3) is 0 Å². The molecule has 0 unspecified atom stereocenters. The number of allylic oxidation sites excluding steroid dienone is 1. The highest BCUT2D eigenvalue weighted by Gasteiger charge is 2.07. The highest BCUT2D eigenvalue weighted by atomic mass is 16.5. The van der Waals surface area contributed by atoms with E-state index in [1.54, 1.807) is 19.1 Å². The third-order valence-corrected chi connectivity index (χ3v) is 1.82. The normalized spacial score (nSPS) is 8.67. The van der Waals surface area contributed by atoms with Crippen LogP contribution in [0.4, 0.5) is 0 Å². The number of hydrogen-bond acceptors (Lipinski definition) is 7. The fourth-order valence-corrected chi connectivity index (χ4v) is 1.08. The smallest absolute Gasteiger partial charge is 0.307 e. The first-order valence-corrected chi connectivity index (χ1v) is 5.48. The van der Waals surface area contributed by atoms with E-state index in [0.717, 1.165) is 0 Å². The zero-order valence-electron chi connectivity index (χ0n) is 10.2. The van der Waals surface area contributed by atoms with Gasteiger partial charge in [0.2, 0.25) is 0 Å². The third-order valence-electron chi connectivity index (χ3n) is 1.82. The molecule has 0 fully saturated rings. The molecular formula is C11H16N4O3. The maximum absolute atomic E-state index is 11.1. The van der Waals surface area contributed by atoms with E-state index in [1.807, 2.05) is 0 Å². The Morgan fingerprint density at radius 2 is 1.89 bits per heavy atom. The van der Waals surface area contributed by atoms with Gasteiger partial charge in [-0.15, -0.1) is 0 Å². The second-order valence-electron chi connectivity index (χ2n) is 3.11. The number of hydrogen-bond donors (Lipinski definition) is 3. The van der Waals surface area contributed by atoms with Crippen molar-refractivity contribution in [3.63, 3.8) is 0 Å². The molecule has 0 aromatic heterocycles. The van der Waals surface area contributed by atoms with Crippen LogP contribution in [-0.4, -0.2) is 37.4 Å². The molecule has 0 bridgehead atoms. The molecule has 7 nitrogen and oxygen atoms in total. The highest BCUT2D eigenvalue weighted by Crippen LogP contribution is 1.96. The monoisotopic (exact) mass is 252 g/mol. The van der Waals surface area contributed by atoms with Crippen LogP contribution in [-0.2, 0) is 9.53 Å². The van der Waals surface area contributed by atoms with Crippen molar-refractivity contribution in [2.45, 2.75) is 13.3 Å². The summed E-state index contributed by atoms with van der Waals surface area (Å²) in [4.78, 5) is 11.1. The maximum Gasteiger partial charge on any atom is 0.307 e. The Kier molecular flexibility index (Phi) is 8.70. The lowest BCUT2D eigenvalue weighted by Crippen LogP contribution is -2.31. The molecule has 0 aromatic carbocycles. The molecule has 0 saturated carbocycles. The van der Waals surface area contributed by atoms with Crippen molar-refractivity contribution in [3.8, 4) is 12.1 Å². The highest BCUT2D eigenvalue weighted by molar-refractivity contribution is 5.69. The van der Waals surface area contributed by atoms with Gasteiger partial charge in [0.1, 0.15) is 18.0 Å². The maximum atomic E-state index is 11.1. The minimum atomic E-state index is -0.359. The molecule has 0 spiro atoms. The number of nitriles is 2. The lowest BCUT2D eigenvalue weighted by molar-refractivity contribution is -0.142. The first-order valence-electron chi connectivity index (χ1n) is 5.48. The molecular weight excluding hydrogens is 236 g/mol. The molecule has 0 aromatic rings. The first kappa shape index (κ1) is 15.8. The van der Waals surface area contributed by atoms with E-state index < -0.39 is 0 Å². The number of aliphatic hydroxyl groups excluding tert-OH is 1. The number of rotatable bonds is 8. The van der Waals surface area contributed by atoms with Crippen molar-refractivity contribution in [1.29, 1.82) is 10.5 Å². The van der Waals surface area contributed by atoms with Gasteiger partial charge in [0, 0.05) is 13.1 Å². The summed E-state index contributed by atoms with van der Waals surface area (Å²) in [7, 11) is 0. The fraction of sp³-hybridized carbons (Fsp3) is 0.545. The molecule has 0 saturated heterocycles. The average Bonchev–Trinajstić information content (AvgIpc) is 2.36. The van der Waals surface area contributed by atoms with Gasteiger partial charge < -0.3 is 20.5 Å². The molecule has 0 amide bonds. The van der Waals surface area contributed by atoms with Crippen LogP contribution in [0.3, 0.4) is 0 Å². The van der Waals surface area contributed by atoms with Crippen molar-refractivity contribution >= 4 is 5.97 Å². The van der Waals surface area contributed by atoms with Gasteiger partial charge in [-0.05, 0) is 6.92 Å². The predicted octanol–water partition coefficient (Wildman–Crippen LogP) is -0.630. The van der Waals surface area contributed by atoms with Crippen LogP contribution < -0.4 is 10.6 Å². The van der Waals surface area contributed by atoms with E-state index in [9.17, 15) is 4.79 Å². The Hall–Kier alpha value is -2.25. The van der Waals surface area contributed by atoms with E-state index in [0.29, 0.717) is 6.61 Å². The lowest BCUT2D eigenvalue weighted by atomic mass is 10.3. The number of aliphatic hydroxyl groups is 1. The molecule has 0 aliphatic heterocycles. The predicted molar refractivity (Wildman–Crippen MR) is 62.6 cm³/mol. The molecule has 0 radical (unpaired) electrons. The summed E-state index contributed by atoms with van der Waals surface area (Å²) in [5, 5.41) is 31.6. The number of ether oxygens (including phenoxy) is 1. The van der Waals surface area contributed by atoms with Crippen molar-refractivity contribution in [2.75, 3.05) is 26.3 Å². The molecule has 0 heterocycles. The first-order chi connectivity index (χ1) is 8.69. The molecule has 7 heteroatoms. The van der Waals surface area contributed by atoms with Gasteiger partial charge in [-0.2, -0.15) is 10.5 Å². The van der Waals surface area contributed by atoms with Crippen molar-refractivity contribution in [2.24, 2.45) is 0 Å². The summed E-state index contributed by atoms with van der Waals surface area (Å²) in [6, 6.07) is 3.44. The topological polar surface area (TPSA) is 118 Å². The zero-order valence-corrected chi connectivity index (χ0v) is 10.2. The van der Waals surface area contributed by atoms with Crippen LogP contribution >= 0.6 is 0 Å². The summed E-state index contributed by atoms with van der Waals surface area (Å²) >= 11 is 0. The van der Waals surface area contributed by atoms with E-state index in [-0.39, 0.29) is 43.5 Å². The molecule has 0 aliphatic carbocycles. The summed E-state index contributed by atoms with van der Waals surface area (Å²) in [6.45, 7) is 2.33. The number of nitrogens with zero attached hydrogens (tertiary/aromatic N) is 2. The Labute approximate surface area is 106 Å². The lowest BCUT2D eigenvalue weighted by Gasteiger charge is -2.12. The van der Waals surface area contributed by atoms with E-state index in [2.05, 4.69) is 10.6 Å². The number of esters is 1. The summed E-state index contributed by atoms with van der Waals surface area (Å²) < 4.78 is 4.73. The molecule has 18 heavy (non-hydrogen) atoms. The van der Waals surface area contributed by atoms with Crippen molar-refractivity contribution in [3.05, 3.63) is 11.4 Å². The second-order valence-corrected chi connectivity index (χ2v) is 3.11. The number of carbonyl (C=O) groups excluding carboxylic acids is 1. The van der Waals surface area contributed by atoms with Crippen LogP contribution in [0.2, 0.25) is 0 Å². The molecule has 0 atom stereocenters. The van der Waals surface area contributed by atoms with Crippen LogP contribution in [0, 0.1) is 22.7 Å². The Morgan fingerprint density at radius 3 is 2.39 bits per heavy atom. The number of carbonyl (C=O) groups is 1. The van der Waals surface area contributed by atoms with Gasteiger partial charge in [-0.3, -0.25) is 4.79 Å². The van der Waals surface area contributed by atoms with Crippen molar-refractivity contribution in [1.82, 2.24) is 10.6 Å². The summed E-state index contributed by atoms with van der Waals surface area (Å²) in [5.74, 6) is -0.152. The Balaban J connectivity index is 4.36. The molecule has 0 rings (SSSR count). The zero-order chi connectivity index (χ0) is 13.8. The molecule has 3 N–H and O–H groups in total. The fourth-order valence-electron chi connectivity index (χ4n) is 1.08. The standard InChI is InChI=1S/C11H16N4O3/c1-2-18-10(17)3-4-14-11(15-5-6-16)9(7-12)8-13/h14-16H,2-6H2,1H3. The van der Waals surface area contributed by atoms with Gasteiger partial charge >= 0.3 is 5.97 Å². The minimum absolute atomic E-state index is 0.127. The van der Waals surface area contributed by atoms with Crippen molar-refractivity contribution < 1.29 is 14.6 Å². The second kappa shape index (κ2) is 9.94. The number of nitrogens with one attached hydrogen (secondary N) is 2. The largest absolute Gasteiger partial charge is 0.466 e. The Morgan fingerprint density at radius 1 is 1.28 bits per heavy atom. The average molecular weight is 252 g/mol. The van der Waals surface area contributed by atoms with Gasteiger partial charge in [0.05, 0.1) is 19.6 Å². The molecule has 98 valence electrons. The third kappa shape index (κ3) is 6.36. The van der Waals surface area contributed by atoms with Crippen LogP contribution in [0.5, 0.6) is 0 Å². The van der Waals surface area contributed by atoms with E-state index in [1.165, 1.54) is 0 Å². The van der Waals surface area contributed by atoms with E-state index in [4.69, 9.17) is 20.4 Å². The van der Waals surface area contributed by atoms with Gasteiger partial charge in [-0.25, -0.2) is 0 Å². The SMILES string of the molecule is CCOC(=O)CCNC(NCCO)=C(C#N)C#N. The van der Waals surface area contributed by atoms with Crippen LogP contribution in [0.25, 0.3) is 0 Å². The summed E-state index contributed by atoms with van der Waals surface area (Å²) in [5.41, 5.74) is -0.132. The minimum Gasteiger partial charge on any atom is -0.466 e. The van der Waals surface area contributed by atoms with Gasteiger partial charge in [0.15, 0.2) is 5.57 Å². The molecule has 0 aliphatic rings. The van der Waals surface area contributed by atoms with Crippen LogP contribution in [0.1, 0.15) is 13.3 Å². The van der Waals surface area contributed by atoms with E-state index >= 15 is 0 Å². The quantitative estimate of drug-likeness (QED) is 0.388. The summed E-state index contributed by atoms with van der Waals surface area (Å²) in [6.07, 6.45) is 0.127. The Bertz CT molecular complexity index is 363. The van der Waals surface area contributed by atoms with Gasteiger partial charge in [-0.1, -0.05) is 0 Å². The van der Waals surface area contributed by atoms with Crippen LogP contribution in [0.15, 0.2) is 11.4 Å².